The first-order chi connectivity index (χ1) is 11.7. The molecule has 0 saturated heterocycles. The zero-order valence-electron chi connectivity index (χ0n) is 12.8. The summed E-state index contributed by atoms with van der Waals surface area (Å²) in [6.07, 6.45) is 4.79. The molecule has 0 spiro atoms. The fourth-order valence-corrected chi connectivity index (χ4v) is 6.14. The van der Waals surface area contributed by atoms with Gasteiger partial charge in [-0.25, -0.2) is 15.0 Å². The van der Waals surface area contributed by atoms with Crippen LogP contribution in [0.3, 0.4) is 0 Å². The summed E-state index contributed by atoms with van der Waals surface area (Å²) in [5.74, 6) is 0. The molecule has 0 bridgehead atoms. The average molecular weight is 373 g/mol. The van der Waals surface area contributed by atoms with E-state index < -0.39 is 0 Å². The Labute approximate surface area is 149 Å². The number of aryl methyl sites for hydroxylation is 2. The topological polar surface area (TPSA) is 60.7 Å². The van der Waals surface area contributed by atoms with E-state index in [1.807, 2.05) is 11.4 Å². The van der Waals surface area contributed by atoms with Crippen LogP contribution in [-0.4, -0.2) is 19.5 Å². The van der Waals surface area contributed by atoms with Crippen LogP contribution in [0.1, 0.15) is 16.9 Å². The fourth-order valence-electron chi connectivity index (χ4n) is 3.13. The molecule has 8 heteroatoms. The third-order valence-corrected chi connectivity index (χ3v) is 7.39. The standard InChI is InChI=1S/C16H12N4OS3/c1-20-15(21)11-8-3-2-4-10(8)23-14(11)19-16(20)24-13-9-5-6-22-12(9)17-7-18-13/h5-7H,2-4H2,1H3. The molecule has 0 saturated carbocycles. The lowest BCUT2D eigenvalue weighted by Gasteiger charge is -2.07. The lowest BCUT2D eigenvalue weighted by atomic mass is 10.2. The van der Waals surface area contributed by atoms with Crippen LogP contribution in [0.15, 0.2) is 32.8 Å². The number of thiophene rings is 2. The van der Waals surface area contributed by atoms with Gasteiger partial charge in [0.2, 0.25) is 0 Å². The van der Waals surface area contributed by atoms with Crippen LogP contribution in [0.25, 0.3) is 20.4 Å². The van der Waals surface area contributed by atoms with Crippen molar-refractivity contribution in [3.63, 3.8) is 0 Å². The summed E-state index contributed by atoms with van der Waals surface area (Å²) in [6.45, 7) is 0. The lowest BCUT2D eigenvalue weighted by molar-refractivity contribution is 0.726. The van der Waals surface area contributed by atoms with E-state index in [0.717, 1.165) is 44.7 Å². The number of fused-ring (bicyclic) bond motifs is 4. The molecule has 0 unspecified atom stereocenters. The van der Waals surface area contributed by atoms with Crippen molar-refractivity contribution in [1.29, 1.82) is 0 Å². The molecular weight excluding hydrogens is 360 g/mol. The number of hydrogen-bond acceptors (Lipinski definition) is 7. The summed E-state index contributed by atoms with van der Waals surface area (Å²) >= 11 is 4.69. The second kappa shape index (κ2) is 5.37. The van der Waals surface area contributed by atoms with Crippen molar-refractivity contribution in [3.8, 4) is 0 Å². The molecule has 0 N–H and O–H groups in total. The van der Waals surface area contributed by atoms with Gasteiger partial charge in [-0.15, -0.1) is 22.7 Å². The van der Waals surface area contributed by atoms with E-state index in [1.54, 1.807) is 40.6 Å². The maximum atomic E-state index is 12.9. The van der Waals surface area contributed by atoms with Gasteiger partial charge in [-0.1, -0.05) is 0 Å². The van der Waals surface area contributed by atoms with Crippen molar-refractivity contribution < 1.29 is 0 Å². The van der Waals surface area contributed by atoms with E-state index >= 15 is 0 Å². The highest BCUT2D eigenvalue weighted by molar-refractivity contribution is 7.99. The molecule has 24 heavy (non-hydrogen) atoms. The van der Waals surface area contributed by atoms with Gasteiger partial charge in [-0.3, -0.25) is 9.36 Å². The number of hydrogen-bond donors (Lipinski definition) is 0. The largest absolute Gasteiger partial charge is 0.290 e. The minimum atomic E-state index is 0.0533. The van der Waals surface area contributed by atoms with Crippen molar-refractivity contribution in [3.05, 3.63) is 38.6 Å². The Morgan fingerprint density at radius 1 is 1.25 bits per heavy atom. The highest BCUT2D eigenvalue weighted by Gasteiger charge is 2.23. The molecule has 0 atom stereocenters. The maximum Gasteiger partial charge on any atom is 0.262 e. The smallest absolute Gasteiger partial charge is 0.262 e. The van der Waals surface area contributed by atoms with Crippen LogP contribution in [0, 0.1) is 0 Å². The SMILES string of the molecule is Cn1c(Sc2ncnc3sccc23)nc2sc3c(c2c1=O)CCC3. The molecule has 5 nitrogen and oxygen atoms in total. The van der Waals surface area contributed by atoms with Gasteiger partial charge in [0.05, 0.1) is 5.39 Å². The quantitative estimate of drug-likeness (QED) is 0.397. The van der Waals surface area contributed by atoms with Gasteiger partial charge in [-0.2, -0.15) is 0 Å². The van der Waals surface area contributed by atoms with Crippen molar-refractivity contribution in [2.24, 2.45) is 7.05 Å². The van der Waals surface area contributed by atoms with Crippen LogP contribution < -0.4 is 5.56 Å². The van der Waals surface area contributed by atoms with E-state index in [-0.39, 0.29) is 5.56 Å². The Bertz CT molecular complexity index is 1160. The zero-order valence-corrected chi connectivity index (χ0v) is 15.2. The first-order valence-electron chi connectivity index (χ1n) is 7.59. The van der Waals surface area contributed by atoms with Gasteiger partial charge >= 0.3 is 0 Å². The van der Waals surface area contributed by atoms with Gasteiger partial charge in [0.1, 0.15) is 21.0 Å². The van der Waals surface area contributed by atoms with E-state index in [2.05, 4.69) is 9.97 Å². The van der Waals surface area contributed by atoms with Crippen molar-refractivity contribution >= 4 is 54.9 Å². The number of nitrogens with zero attached hydrogens (tertiary/aromatic N) is 4. The average Bonchev–Trinajstić information content (AvgIpc) is 3.27. The molecule has 4 heterocycles. The molecule has 0 aliphatic heterocycles. The molecule has 4 aromatic heterocycles. The normalized spacial score (nSPS) is 13.9. The van der Waals surface area contributed by atoms with Gasteiger partial charge in [0.25, 0.3) is 5.56 Å². The molecule has 1 aliphatic rings. The van der Waals surface area contributed by atoms with Crippen molar-refractivity contribution in [1.82, 2.24) is 19.5 Å². The van der Waals surface area contributed by atoms with Gasteiger partial charge in [-0.05, 0) is 48.0 Å². The Morgan fingerprint density at radius 2 is 2.17 bits per heavy atom. The Hall–Kier alpha value is -1.77. The summed E-state index contributed by atoms with van der Waals surface area (Å²) in [5.41, 5.74) is 1.28. The first-order valence-corrected chi connectivity index (χ1v) is 10.1. The van der Waals surface area contributed by atoms with Crippen LogP contribution in [-0.2, 0) is 19.9 Å². The molecule has 4 aromatic rings. The molecule has 0 aromatic carbocycles. The minimum Gasteiger partial charge on any atom is -0.290 e. The van der Waals surface area contributed by atoms with E-state index in [9.17, 15) is 4.79 Å². The van der Waals surface area contributed by atoms with Gasteiger partial charge in [0, 0.05) is 17.3 Å². The molecule has 120 valence electrons. The highest BCUT2D eigenvalue weighted by Crippen LogP contribution is 2.37. The minimum absolute atomic E-state index is 0.0533. The van der Waals surface area contributed by atoms with Crippen LogP contribution in [0.4, 0.5) is 0 Å². The Balaban J connectivity index is 1.69. The second-order valence-corrected chi connectivity index (χ2v) is 8.65. The summed E-state index contributed by atoms with van der Waals surface area (Å²) in [6, 6.07) is 2.01. The van der Waals surface area contributed by atoms with Crippen LogP contribution >= 0.6 is 34.4 Å². The fraction of sp³-hybridized carbons (Fsp3) is 0.250. The molecule has 5 rings (SSSR count). The van der Waals surface area contributed by atoms with Gasteiger partial charge < -0.3 is 0 Å². The third kappa shape index (κ3) is 2.06. The third-order valence-electron chi connectivity index (χ3n) is 4.32. The summed E-state index contributed by atoms with van der Waals surface area (Å²) in [5, 5.41) is 5.35. The van der Waals surface area contributed by atoms with Crippen molar-refractivity contribution in [2.45, 2.75) is 29.4 Å². The molecule has 1 aliphatic carbocycles. The summed E-state index contributed by atoms with van der Waals surface area (Å²) < 4.78 is 1.65. The van der Waals surface area contributed by atoms with Gasteiger partial charge in [0.15, 0.2) is 5.16 Å². The molecular formula is C16H12N4OS3. The monoisotopic (exact) mass is 372 g/mol. The first kappa shape index (κ1) is 14.6. The second-order valence-electron chi connectivity index (χ2n) is 5.72. The van der Waals surface area contributed by atoms with Crippen LogP contribution in [0.2, 0.25) is 0 Å². The van der Waals surface area contributed by atoms with E-state index in [1.165, 1.54) is 22.2 Å². The lowest BCUT2D eigenvalue weighted by Crippen LogP contribution is -2.20. The molecule has 0 radical (unpaired) electrons. The van der Waals surface area contributed by atoms with Crippen LogP contribution in [0.5, 0.6) is 0 Å². The Kier molecular flexibility index (Phi) is 3.26. The van der Waals surface area contributed by atoms with E-state index in [4.69, 9.17) is 4.98 Å². The predicted molar refractivity (Wildman–Crippen MR) is 98.4 cm³/mol. The number of rotatable bonds is 2. The molecule has 0 fully saturated rings. The predicted octanol–water partition coefficient (Wildman–Crippen LogP) is 3.64. The summed E-state index contributed by atoms with van der Waals surface area (Å²) in [7, 11) is 1.79. The summed E-state index contributed by atoms with van der Waals surface area (Å²) in [4.78, 5) is 29.4. The Morgan fingerprint density at radius 3 is 3.08 bits per heavy atom. The van der Waals surface area contributed by atoms with E-state index in [0.29, 0.717) is 5.16 Å². The number of aromatic nitrogens is 4. The van der Waals surface area contributed by atoms with Crippen molar-refractivity contribution in [2.75, 3.05) is 0 Å². The highest BCUT2D eigenvalue weighted by atomic mass is 32.2. The maximum absolute atomic E-state index is 12.9. The zero-order chi connectivity index (χ0) is 16.3. The molecule has 0 amide bonds.